The second-order valence-corrected chi connectivity index (χ2v) is 12.8. The summed E-state index contributed by atoms with van der Waals surface area (Å²) in [7, 11) is 0. The Balaban J connectivity index is 1.80. The summed E-state index contributed by atoms with van der Waals surface area (Å²) >= 11 is 18.3. The standard InChI is InChI=1S/C21H26Cl2N3O8PS/c1-12(2)32-18(29)13(3)25-35(36,34-14-7-5-4-6-8-14)31-11-15-17(28)21(22,23)19(33-15)26-10-9-16(27)24-20(26)30/h4-10,12-13,15,17,19,28H,11H2,1-3H3,(H,25,36)(H,24,27,30). The second-order valence-electron chi connectivity index (χ2n) is 8.20. The quantitative estimate of drug-likeness (QED) is 0.217. The average Bonchev–Trinajstić information content (AvgIpc) is 3.01. The highest BCUT2D eigenvalue weighted by Gasteiger charge is 2.56. The van der Waals surface area contributed by atoms with Crippen LogP contribution in [0.4, 0.5) is 0 Å². The maximum Gasteiger partial charge on any atom is 0.330 e. The molecule has 36 heavy (non-hydrogen) atoms. The number of hydrogen-bond acceptors (Lipinski definition) is 9. The summed E-state index contributed by atoms with van der Waals surface area (Å²) in [5.74, 6) is -0.179. The summed E-state index contributed by atoms with van der Waals surface area (Å²) in [6.45, 7) is 1.18. The molecule has 1 aliphatic heterocycles. The number of ether oxygens (including phenoxy) is 2. The zero-order valence-corrected chi connectivity index (χ0v) is 22.7. The number of nitrogens with one attached hydrogen (secondary N) is 2. The monoisotopic (exact) mass is 581 g/mol. The van der Waals surface area contributed by atoms with E-state index in [4.69, 9.17) is 53.5 Å². The van der Waals surface area contributed by atoms with Gasteiger partial charge in [0.25, 0.3) is 5.56 Å². The summed E-state index contributed by atoms with van der Waals surface area (Å²) < 4.78 is 21.7. The molecule has 1 aliphatic rings. The van der Waals surface area contributed by atoms with Gasteiger partial charge in [0, 0.05) is 12.3 Å². The van der Waals surface area contributed by atoms with Crippen LogP contribution >= 0.6 is 29.8 Å². The lowest BCUT2D eigenvalue weighted by molar-refractivity contribution is -0.149. The van der Waals surface area contributed by atoms with Crippen molar-refractivity contribution in [1.82, 2.24) is 14.6 Å². The van der Waals surface area contributed by atoms with Gasteiger partial charge in [-0.3, -0.25) is 19.1 Å². The molecule has 1 saturated heterocycles. The van der Waals surface area contributed by atoms with E-state index in [9.17, 15) is 19.5 Å². The molecular formula is C21H26Cl2N3O8PS. The largest absolute Gasteiger partial charge is 0.462 e. The van der Waals surface area contributed by atoms with Crippen molar-refractivity contribution in [3.63, 3.8) is 0 Å². The number of aromatic amines is 1. The number of rotatable bonds is 10. The molecule has 3 N–H and O–H groups in total. The molecular weight excluding hydrogens is 556 g/mol. The molecule has 15 heteroatoms. The molecule has 198 valence electrons. The first-order valence-electron chi connectivity index (χ1n) is 10.8. The molecule has 5 atom stereocenters. The van der Waals surface area contributed by atoms with E-state index in [0.29, 0.717) is 5.75 Å². The van der Waals surface area contributed by atoms with Crippen molar-refractivity contribution in [2.75, 3.05) is 6.61 Å². The van der Waals surface area contributed by atoms with Gasteiger partial charge >= 0.3 is 18.3 Å². The summed E-state index contributed by atoms with van der Waals surface area (Å²) in [5.41, 5.74) is -1.46. The number of carbonyl (C=O) groups excluding carboxylic acids is 1. The van der Waals surface area contributed by atoms with Gasteiger partial charge in [0.1, 0.15) is 24.0 Å². The van der Waals surface area contributed by atoms with Gasteiger partial charge in [0.05, 0.1) is 12.7 Å². The Morgan fingerprint density at radius 3 is 2.56 bits per heavy atom. The number of aromatic nitrogens is 2. The van der Waals surface area contributed by atoms with E-state index in [0.717, 1.165) is 16.8 Å². The lowest BCUT2D eigenvalue weighted by Gasteiger charge is -2.28. The molecule has 0 radical (unpaired) electrons. The number of alkyl halides is 2. The topological polar surface area (TPSA) is 141 Å². The van der Waals surface area contributed by atoms with E-state index in [1.165, 1.54) is 0 Å². The predicted molar refractivity (Wildman–Crippen MR) is 137 cm³/mol. The molecule has 2 heterocycles. The highest BCUT2D eigenvalue weighted by molar-refractivity contribution is 8.09. The van der Waals surface area contributed by atoms with Crippen molar-refractivity contribution >= 4 is 47.6 Å². The normalized spacial score (nSPS) is 23.7. The summed E-state index contributed by atoms with van der Waals surface area (Å²) in [5, 5.41) is 13.6. The molecule has 0 spiro atoms. The predicted octanol–water partition coefficient (Wildman–Crippen LogP) is 2.22. The molecule has 1 aromatic heterocycles. The number of esters is 1. The third-order valence-electron chi connectivity index (χ3n) is 4.92. The fraction of sp³-hybridized carbons (Fsp3) is 0.476. The molecule has 1 aromatic carbocycles. The number of hydrogen-bond donors (Lipinski definition) is 3. The summed E-state index contributed by atoms with van der Waals surface area (Å²) in [4.78, 5) is 38.0. The van der Waals surface area contributed by atoms with Gasteiger partial charge in [-0.1, -0.05) is 41.4 Å². The minimum Gasteiger partial charge on any atom is -0.462 e. The van der Waals surface area contributed by atoms with Crippen molar-refractivity contribution in [3.8, 4) is 5.75 Å². The van der Waals surface area contributed by atoms with E-state index in [2.05, 4.69) is 10.1 Å². The van der Waals surface area contributed by atoms with Crippen LogP contribution in [-0.2, 0) is 30.6 Å². The number of aliphatic hydroxyl groups excluding tert-OH is 1. The molecule has 0 amide bonds. The van der Waals surface area contributed by atoms with Gasteiger partial charge in [-0.05, 0) is 44.7 Å². The lowest BCUT2D eigenvalue weighted by atomic mass is 10.2. The number of nitrogens with zero attached hydrogens (tertiary/aromatic N) is 1. The first kappa shape index (κ1) is 28.8. The van der Waals surface area contributed by atoms with Crippen LogP contribution in [0.25, 0.3) is 0 Å². The van der Waals surface area contributed by atoms with Crippen molar-refractivity contribution in [3.05, 3.63) is 63.4 Å². The zero-order chi connectivity index (χ0) is 26.7. The van der Waals surface area contributed by atoms with Gasteiger partial charge in [-0.25, -0.2) is 9.88 Å². The fourth-order valence-electron chi connectivity index (χ4n) is 3.22. The number of para-hydroxylation sites is 1. The van der Waals surface area contributed by atoms with Crippen molar-refractivity contribution in [1.29, 1.82) is 0 Å². The van der Waals surface area contributed by atoms with Gasteiger partial charge in [0.15, 0.2) is 10.6 Å². The summed E-state index contributed by atoms with van der Waals surface area (Å²) in [6.07, 6.45) is -3.22. The molecule has 0 bridgehead atoms. The molecule has 5 unspecified atom stereocenters. The molecule has 11 nitrogen and oxygen atoms in total. The van der Waals surface area contributed by atoms with Crippen LogP contribution in [0.15, 0.2) is 52.2 Å². The van der Waals surface area contributed by atoms with Crippen LogP contribution in [0.1, 0.15) is 27.0 Å². The molecule has 0 aliphatic carbocycles. The third kappa shape index (κ3) is 6.96. The Bertz CT molecular complexity index is 1230. The van der Waals surface area contributed by atoms with Crippen molar-refractivity contribution in [2.45, 2.75) is 55.7 Å². The van der Waals surface area contributed by atoms with Crippen LogP contribution in [0, 0.1) is 0 Å². The van der Waals surface area contributed by atoms with Crippen molar-refractivity contribution < 1.29 is 28.4 Å². The minimum absolute atomic E-state index is 0.341. The van der Waals surface area contributed by atoms with Gasteiger partial charge < -0.3 is 23.6 Å². The Morgan fingerprint density at radius 2 is 1.94 bits per heavy atom. The lowest BCUT2D eigenvalue weighted by Crippen LogP contribution is -2.41. The fourth-order valence-corrected chi connectivity index (χ4v) is 6.24. The van der Waals surface area contributed by atoms with Gasteiger partial charge in [-0.15, -0.1) is 0 Å². The number of halogens is 2. The van der Waals surface area contributed by atoms with Crippen LogP contribution in [-0.4, -0.2) is 55.9 Å². The van der Waals surface area contributed by atoms with E-state index in [1.54, 1.807) is 51.1 Å². The molecule has 3 rings (SSSR count). The molecule has 0 saturated carbocycles. The van der Waals surface area contributed by atoms with Gasteiger partial charge in [0.2, 0.25) is 0 Å². The van der Waals surface area contributed by atoms with Crippen LogP contribution in [0.3, 0.4) is 0 Å². The maximum absolute atomic E-state index is 12.4. The number of carbonyl (C=O) groups is 1. The maximum atomic E-state index is 12.4. The number of aliphatic hydroxyl groups is 1. The first-order valence-corrected chi connectivity index (χ1v) is 14.2. The number of H-pyrrole nitrogens is 1. The molecule has 2 aromatic rings. The van der Waals surface area contributed by atoms with Crippen molar-refractivity contribution in [2.24, 2.45) is 0 Å². The van der Waals surface area contributed by atoms with E-state index in [1.807, 2.05) is 0 Å². The van der Waals surface area contributed by atoms with Crippen LogP contribution < -0.4 is 20.9 Å². The zero-order valence-electron chi connectivity index (χ0n) is 19.5. The number of benzene rings is 1. The van der Waals surface area contributed by atoms with E-state index in [-0.39, 0.29) is 12.7 Å². The van der Waals surface area contributed by atoms with E-state index < -0.39 is 52.7 Å². The first-order chi connectivity index (χ1) is 16.8. The second kappa shape index (κ2) is 11.7. The Morgan fingerprint density at radius 1 is 1.28 bits per heavy atom. The van der Waals surface area contributed by atoms with Gasteiger partial charge in [-0.2, -0.15) is 0 Å². The Hall–Kier alpha value is -1.76. The van der Waals surface area contributed by atoms with E-state index >= 15 is 0 Å². The smallest absolute Gasteiger partial charge is 0.330 e. The highest BCUT2D eigenvalue weighted by atomic mass is 35.5. The minimum atomic E-state index is -3.43. The Labute approximate surface area is 221 Å². The Kier molecular flexibility index (Phi) is 9.40. The average molecular weight is 582 g/mol. The molecule has 1 fully saturated rings. The third-order valence-corrected chi connectivity index (χ3v) is 8.24. The van der Waals surface area contributed by atoms with Crippen LogP contribution in [0.2, 0.25) is 0 Å². The highest BCUT2D eigenvalue weighted by Crippen LogP contribution is 2.49. The summed E-state index contributed by atoms with van der Waals surface area (Å²) in [6, 6.07) is 8.77. The SMILES string of the molecule is CC(C)OC(=O)C(C)NP(=S)(OCC1OC(n2ccc(=O)[nH]c2=O)C(Cl)(Cl)C1O)Oc1ccccc1. The van der Waals surface area contributed by atoms with Crippen LogP contribution in [0.5, 0.6) is 5.75 Å².